The van der Waals surface area contributed by atoms with Gasteiger partial charge in [0.25, 0.3) is 0 Å². The molecule has 4 rings (SSSR count). The second-order valence-corrected chi connectivity index (χ2v) is 8.69. The highest BCUT2D eigenvalue weighted by molar-refractivity contribution is 8.01. The predicted molar refractivity (Wildman–Crippen MR) is 111 cm³/mol. The van der Waals surface area contributed by atoms with Gasteiger partial charge in [-0.25, -0.2) is 4.98 Å². The van der Waals surface area contributed by atoms with Crippen LogP contribution in [0.5, 0.6) is 0 Å². The van der Waals surface area contributed by atoms with Gasteiger partial charge in [-0.05, 0) is 36.4 Å². The molecule has 0 unspecified atom stereocenters. The van der Waals surface area contributed by atoms with Crippen molar-refractivity contribution in [3.63, 3.8) is 0 Å². The number of fused-ring (bicyclic) bond motifs is 2. The van der Waals surface area contributed by atoms with E-state index in [-0.39, 0.29) is 18.0 Å². The number of rotatable bonds is 4. The lowest BCUT2D eigenvalue weighted by Gasteiger charge is -2.24. The molecule has 0 aliphatic carbocycles. The second-order valence-electron chi connectivity index (χ2n) is 7.45. The molecule has 1 aliphatic rings. The lowest BCUT2D eigenvalue weighted by atomic mass is 10.1. The van der Waals surface area contributed by atoms with E-state index < -0.39 is 28.8 Å². The third kappa shape index (κ3) is 4.53. The summed E-state index contributed by atoms with van der Waals surface area (Å²) in [6.07, 6.45) is -4.63. The van der Waals surface area contributed by atoms with Crippen molar-refractivity contribution in [1.82, 2.24) is 4.98 Å². The first-order valence-corrected chi connectivity index (χ1v) is 10.4. The molecule has 2 N–H and O–H groups in total. The lowest BCUT2D eigenvalue weighted by Crippen LogP contribution is -2.32. The molecule has 3 aromatic rings. The van der Waals surface area contributed by atoms with Gasteiger partial charge >= 0.3 is 6.18 Å². The minimum atomic E-state index is -4.50. The highest BCUT2D eigenvalue weighted by atomic mass is 32.2. The number of halogens is 3. The molecule has 1 atom stereocenters. The van der Waals surface area contributed by atoms with Gasteiger partial charge in [0.15, 0.2) is 11.5 Å². The summed E-state index contributed by atoms with van der Waals surface area (Å²) in [4.78, 5) is 29.7. The molecule has 6 nitrogen and oxygen atoms in total. The Morgan fingerprint density at radius 2 is 2.03 bits per heavy atom. The quantitative estimate of drug-likeness (QED) is 0.556. The zero-order valence-electron chi connectivity index (χ0n) is 16.5. The van der Waals surface area contributed by atoms with Crippen molar-refractivity contribution in [1.29, 1.82) is 0 Å². The Hall–Kier alpha value is -3.01. The van der Waals surface area contributed by atoms with Gasteiger partial charge in [0.05, 0.1) is 16.5 Å². The molecule has 0 fully saturated rings. The van der Waals surface area contributed by atoms with Gasteiger partial charge in [-0.15, -0.1) is 11.8 Å². The summed E-state index contributed by atoms with van der Waals surface area (Å²) < 4.78 is 44.2. The fourth-order valence-electron chi connectivity index (χ4n) is 3.11. The number of alkyl halides is 3. The Morgan fingerprint density at radius 3 is 2.74 bits per heavy atom. The molecule has 0 saturated heterocycles. The van der Waals surface area contributed by atoms with Crippen LogP contribution in [0, 0.1) is 0 Å². The van der Waals surface area contributed by atoms with Crippen molar-refractivity contribution >= 4 is 46.1 Å². The number of anilines is 2. The number of hydrogen-bond donors (Lipinski definition) is 2. The normalized spacial score (nSPS) is 16.3. The van der Waals surface area contributed by atoms with Crippen LogP contribution in [0.15, 0.2) is 45.7 Å². The smallest absolute Gasteiger partial charge is 0.416 e. The van der Waals surface area contributed by atoms with Gasteiger partial charge in [-0.3, -0.25) is 9.59 Å². The number of aromatic nitrogens is 1. The van der Waals surface area contributed by atoms with Gasteiger partial charge in [0.1, 0.15) is 5.52 Å². The fraction of sp³-hybridized carbons (Fsp3) is 0.286. The maximum Gasteiger partial charge on any atom is 0.416 e. The molecule has 2 aromatic carbocycles. The zero-order valence-corrected chi connectivity index (χ0v) is 17.4. The van der Waals surface area contributed by atoms with E-state index in [0.717, 1.165) is 23.9 Å². The Morgan fingerprint density at radius 1 is 1.26 bits per heavy atom. The number of carbonyl (C=O) groups excluding carboxylic acids is 2. The van der Waals surface area contributed by atoms with E-state index in [9.17, 15) is 22.8 Å². The maximum atomic E-state index is 12.9. The Balaban J connectivity index is 1.44. The van der Waals surface area contributed by atoms with Crippen LogP contribution >= 0.6 is 11.8 Å². The van der Waals surface area contributed by atoms with Gasteiger partial charge in [0.2, 0.25) is 11.8 Å². The molecule has 0 spiro atoms. The monoisotopic (exact) mass is 449 g/mol. The first kappa shape index (κ1) is 21.2. The van der Waals surface area contributed by atoms with E-state index in [4.69, 9.17) is 4.42 Å². The summed E-state index contributed by atoms with van der Waals surface area (Å²) in [6.45, 7) is 3.92. The lowest BCUT2D eigenvalue weighted by molar-refractivity contribution is -0.137. The van der Waals surface area contributed by atoms with Crippen molar-refractivity contribution < 1.29 is 27.2 Å². The first-order chi connectivity index (χ1) is 14.6. The third-order valence-electron chi connectivity index (χ3n) is 4.68. The topological polar surface area (TPSA) is 84.2 Å². The van der Waals surface area contributed by atoms with E-state index >= 15 is 0 Å². The molecule has 2 heterocycles. The van der Waals surface area contributed by atoms with Gasteiger partial charge in [0, 0.05) is 22.9 Å². The van der Waals surface area contributed by atoms with Crippen molar-refractivity contribution in [2.45, 2.75) is 42.5 Å². The van der Waals surface area contributed by atoms with Crippen molar-refractivity contribution in [3.05, 3.63) is 47.9 Å². The van der Waals surface area contributed by atoms with Crippen LogP contribution in [0.1, 0.15) is 37.6 Å². The largest absolute Gasteiger partial charge is 0.440 e. The van der Waals surface area contributed by atoms with Crippen LogP contribution in [0.4, 0.5) is 24.5 Å². The van der Waals surface area contributed by atoms with Gasteiger partial charge in [-0.2, -0.15) is 13.2 Å². The number of nitrogens with one attached hydrogen (secondary N) is 2. The second kappa shape index (κ2) is 7.92. The molecule has 31 heavy (non-hydrogen) atoms. The number of carbonyl (C=O) groups is 2. The first-order valence-electron chi connectivity index (χ1n) is 9.49. The minimum absolute atomic E-state index is 0.0962. The van der Waals surface area contributed by atoms with Crippen LogP contribution in [-0.4, -0.2) is 22.0 Å². The average molecular weight is 449 g/mol. The zero-order chi connectivity index (χ0) is 22.3. The molecule has 162 valence electrons. The third-order valence-corrected chi connectivity index (χ3v) is 5.95. The fourth-order valence-corrected chi connectivity index (χ4v) is 4.20. The molecule has 1 aliphatic heterocycles. The minimum Gasteiger partial charge on any atom is -0.440 e. The van der Waals surface area contributed by atoms with Crippen molar-refractivity contribution in [2.75, 3.05) is 10.6 Å². The molecule has 0 bridgehead atoms. The highest BCUT2D eigenvalue weighted by Crippen LogP contribution is 2.40. The summed E-state index contributed by atoms with van der Waals surface area (Å²) in [5.74, 6) is -0.182. The van der Waals surface area contributed by atoms with E-state index in [0.29, 0.717) is 27.6 Å². The molecule has 0 saturated carbocycles. The standard InChI is InChI=1S/C21H18F3N3O3S/c1-10(2)20-27-13-8-12(4-5-15(13)30-20)25-18(28)9-17-19(29)26-14-7-11(21(22,23)24)3-6-16(14)31-17/h3-8,10,17H,9H2,1-2H3,(H,25,28)(H,26,29)/t17-/m1/s1. The number of thioether (sulfide) groups is 1. The van der Waals surface area contributed by atoms with E-state index in [1.165, 1.54) is 6.07 Å². The molecular formula is C21H18F3N3O3S. The molecule has 1 aromatic heterocycles. The molecule has 10 heteroatoms. The maximum absolute atomic E-state index is 12.9. The van der Waals surface area contributed by atoms with Crippen molar-refractivity contribution in [3.8, 4) is 0 Å². The molecular weight excluding hydrogens is 431 g/mol. The summed E-state index contributed by atoms with van der Waals surface area (Å²) in [6, 6.07) is 8.23. The van der Waals surface area contributed by atoms with E-state index in [2.05, 4.69) is 15.6 Å². The van der Waals surface area contributed by atoms with Crippen LogP contribution in [0.2, 0.25) is 0 Å². The summed E-state index contributed by atoms with van der Waals surface area (Å²) in [5.41, 5.74) is 0.989. The molecule has 0 radical (unpaired) electrons. The Bertz CT molecular complexity index is 1170. The number of hydrogen-bond acceptors (Lipinski definition) is 5. The summed E-state index contributed by atoms with van der Waals surface area (Å²) in [7, 11) is 0. The highest BCUT2D eigenvalue weighted by Gasteiger charge is 2.34. The summed E-state index contributed by atoms with van der Waals surface area (Å²) in [5, 5.41) is 4.44. The van der Waals surface area contributed by atoms with E-state index in [1.807, 2.05) is 13.8 Å². The van der Waals surface area contributed by atoms with Gasteiger partial charge in [-0.1, -0.05) is 13.8 Å². The Kier molecular flexibility index (Phi) is 5.42. The number of amides is 2. The van der Waals surface area contributed by atoms with Crippen LogP contribution < -0.4 is 10.6 Å². The molecule has 2 amide bonds. The van der Waals surface area contributed by atoms with Gasteiger partial charge < -0.3 is 15.1 Å². The number of nitrogens with zero attached hydrogens (tertiary/aromatic N) is 1. The van der Waals surface area contributed by atoms with Crippen LogP contribution in [0.3, 0.4) is 0 Å². The SMILES string of the molecule is CC(C)c1nc2cc(NC(=O)C[C@H]3Sc4ccc(C(F)(F)F)cc4NC3=O)ccc2o1. The number of oxazole rings is 1. The van der Waals surface area contributed by atoms with E-state index in [1.54, 1.807) is 18.2 Å². The van der Waals surface area contributed by atoms with Crippen molar-refractivity contribution in [2.24, 2.45) is 0 Å². The summed E-state index contributed by atoms with van der Waals surface area (Å²) >= 11 is 1.06. The Labute approximate surface area is 179 Å². The van der Waals surface area contributed by atoms with Crippen LogP contribution in [0.25, 0.3) is 11.1 Å². The average Bonchev–Trinajstić information content (AvgIpc) is 3.11. The number of benzene rings is 2. The predicted octanol–water partition coefficient (Wildman–Crippen LogP) is 5.41. The van der Waals surface area contributed by atoms with Crippen LogP contribution in [-0.2, 0) is 15.8 Å².